The second-order valence-electron chi connectivity index (χ2n) is 3.34. The normalized spacial score (nSPS) is 10.2. The van der Waals surface area contributed by atoms with Gasteiger partial charge in [0.25, 0.3) is 0 Å². The van der Waals surface area contributed by atoms with Gasteiger partial charge in [0, 0.05) is 0 Å². The summed E-state index contributed by atoms with van der Waals surface area (Å²) in [5.74, 6) is 0. The Balaban J connectivity index is 2.88. The van der Waals surface area contributed by atoms with Crippen LogP contribution >= 0.6 is 0 Å². The van der Waals surface area contributed by atoms with E-state index in [0.717, 1.165) is 0 Å². The standard InChI is InChI=1S/C12H12N4/c1-3-8-9(4-2)16-12-10(15-8)6-5-7(13)11(12)14/h3-6H,1-2,13-14H2. The minimum Gasteiger partial charge on any atom is -0.397 e. The molecule has 0 saturated carbocycles. The molecular weight excluding hydrogens is 200 g/mol. The van der Waals surface area contributed by atoms with Gasteiger partial charge >= 0.3 is 0 Å². The predicted octanol–water partition coefficient (Wildman–Crippen LogP) is 2.08. The number of nitrogens with two attached hydrogens (primary N) is 2. The lowest BCUT2D eigenvalue weighted by Gasteiger charge is -2.07. The second kappa shape index (κ2) is 3.66. The molecule has 0 amide bonds. The molecule has 2 aromatic rings. The maximum atomic E-state index is 5.85. The quantitative estimate of drug-likeness (QED) is 0.747. The van der Waals surface area contributed by atoms with Crippen LogP contribution < -0.4 is 11.5 Å². The zero-order chi connectivity index (χ0) is 11.7. The van der Waals surface area contributed by atoms with E-state index in [-0.39, 0.29) is 0 Å². The van der Waals surface area contributed by atoms with Crippen molar-refractivity contribution in [2.24, 2.45) is 0 Å². The van der Waals surface area contributed by atoms with Gasteiger partial charge in [-0.2, -0.15) is 0 Å². The summed E-state index contributed by atoms with van der Waals surface area (Å²) in [5.41, 5.74) is 15.1. The fraction of sp³-hybridized carbons (Fsp3) is 0. The van der Waals surface area contributed by atoms with E-state index in [9.17, 15) is 0 Å². The lowest BCUT2D eigenvalue weighted by Crippen LogP contribution is -2.00. The highest BCUT2D eigenvalue weighted by Crippen LogP contribution is 2.25. The number of hydrogen-bond donors (Lipinski definition) is 2. The topological polar surface area (TPSA) is 77.8 Å². The van der Waals surface area contributed by atoms with Crippen molar-refractivity contribution in [1.29, 1.82) is 0 Å². The summed E-state index contributed by atoms with van der Waals surface area (Å²) in [7, 11) is 0. The van der Waals surface area contributed by atoms with Crippen LogP contribution in [0.3, 0.4) is 0 Å². The van der Waals surface area contributed by atoms with E-state index in [1.54, 1.807) is 24.3 Å². The fourth-order valence-electron chi connectivity index (χ4n) is 1.49. The van der Waals surface area contributed by atoms with E-state index in [2.05, 4.69) is 23.1 Å². The zero-order valence-corrected chi connectivity index (χ0v) is 8.77. The average molecular weight is 212 g/mol. The number of fused-ring (bicyclic) bond motifs is 1. The van der Waals surface area contributed by atoms with Gasteiger partial charge in [-0.15, -0.1) is 0 Å². The first-order chi connectivity index (χ1) is 7.67. The monoisotopic (exact) mass is 212 g/mol. The van der Waals surface area contributed by atoms with E-state index in [0.29, 0.717) is 33.8 Å². The van der Waals surface area contributed by atoms with Crippen molar-refractivity contribution in [3.8, 4) is 0 Å². The van der Waals surface area contributed by atoms with Crippen LogP contribution in [0.2, 0.25) is 0 Å². The molecule has 4 nitrogen and oxygen atoms in total. The van der Waals surface area contributed by atoms with Gasteiger partial charge < -0.3 is 11.5 Å². The van der Waals surface area contributed by atoms with Crippen LogP contribution in [0, 0.1) is 0 Å². The summed E-state index contributed by atoms with van der Waals surface area (Å²) in [6.07, 6.45) is 3.25. The fourth-order valence-corrected chi connectivity index (χ4v) is 1.49. The summed E-state index contributed by atoms with van der Waals surface area (Å²) in [5, 5.41) is 0. The molecule has 80 valence electrons. The first kappa shape index (κ1) is 10.2. The Morgan fingerprint density at radius 1 is 1.00 bits per heavy atom. The Morgan fingerprint density at radius 2 is 1.62 bits per heavy atom. The molecule has 0 saturated heterocycles. The van der Waals surface area contributed by atoms with Crippen molar-refractivity contribution in [2.45, 2.75) is 0 Å². The Labute approximate surface area is 93.3 Å². The van der Waals surface area contributed by atoms with Crippen molar-refractivity contribution in [3.05, 3.63) is 36.7 Å². The number of anilines is 2. The zero-order valence-electron chi connectivity index (χ0n) is 8.77. The maximum Gasteiger partial charge on any atom is 0.114 e. The number of hydrogen-bond acceptors (Lipinski definition) is 4. The number of rotatable bonds is 2. The second-order valence-corrected chi connectivity index (χ2v) is 3.34. The minimum atomic E-state index is 0.448. The largest absolute Gasteiger partial charge is 0.397 e. The number of nitrogen functional groups attached to an aromatic ring is 2. The molecule has 0 aliphatic rings. The third-order valence-electron chi connectivity index (χ3n) is 2.35. The first-order valence-corrected chi connectivity index (χ1v) is 4.78. The Bertz CT molecular complexity index is 587. The van der Waals surface area contributed by atoms with Crippen LogP contribution in [0.25, 0.3) is 23.2 Å². The molecule has 1 aromatic carbocycles. The summed E-state index contributed by atoms with van der Waals surface area (Å²) in [6.45, 7) is 7.36. The molecule has 0 bridgehead atoms. The van der Waals surface area contributed by atoms with Crippen LogP contribution in [-0.4, -0.2) is 9.97 Å². The Kier molecular flexibility index (Phi) is 2.32. The van der Waals surface area contributed by atoms with Crippen LogP contribution in [0.5, 0.6) is 0 Å². The predicted molar refractivity (Wildman–Crippen MR) is 68.5 cm³/mol. The third kappa shape index (κ3) is 1.40. The summed E-state index contributed by atoms with van der Waals surface area (Å²) >= 11 is 0. The van der Waals surface area contributed by atoms with Gasteiger partial charge in [0.05, 0.1) is 28.3 Å². The Hall–Kier alpha value is -2.36. The molecule has 0 unspecified atom stereocenters. The van der Waals surface area contributed by atoms with Crippen LogP contribution in [0.4, 0.5) is 11.4 Å². The van der Waals surface area contributed by atoms with Crippen molar-refractivity contribution in [2.75, 3.05) is 11.5 Å². The maximum absolute atomic E-state index is 5.85. The molecule has 0 atom stereocenters. The van der Waals surface area contributed by atoms with Gasteiger partial charge in [-0.3, -0.25) is 0 Å². The molecule has 0 radical (unpaired) electrons. The molecule has 1 heterocycles. The number of nitrogens with zero attached hydrogens (tertiary/aromatic N) is 2. The van der Waals surface area contributed by atoms with Gasteiger partial charge in [0.1, 0.15) is 5.52 Å². The van der Waals surface area contributed by atoms with Gasteiger partial charge in [-0.1, -0.05) is 13.2 Å². The molecular formula is C12H12N4. The minimum absolute atomic E-state index is 0.448. The van der Waals surface area contributed by atoms with E-state index in [1.165, 1.54) is 0 Å². The molecule has 2 rings (SSSR count). The van der Waals surface area contributed by atoms with E-state index < -0.39 is 0 Å². The van der Waals surface area contributed by atoms with Gasteiger partial charge in [-0.05, 0) is 24.3 Å². The van der Waals surface area contributed by atoms with Crippen molar-refractivity contribution >= 4 is 34.6 Å². The first-order valence-electron chi connectivity index (χ1n) is 4.78. The van der Waals surface area contributed by atoms with E-state index in [1.807, 2.05) is 0 Å². The van der Waals surface area contributed by atoms with E-state index in [4.69, 9.17) is 11.5 Å². The van der Waals surface area contributed by atoms with Crippen molar-refractivity contribution in [3.63, 3.8) is 0 Å². The number of benzene rings is 1. The van der Waals surface area contributed by atoms with Crippen molar-refractivity contribution in [1.82, 2.24) is 9.97 Å². The number of aromatic nitrogens is 2. The van der Waals surface area contributed by atoms with Crippen LogP contribution in [0.15, 0.2) is 25.3 Å². The van der Waals surface area contributed by atoms with Gasteiger partial charge in [0.15, 0.2) is 0 Å². The molecule has 4 N–H and O–H groups in total. The molecule has 0 fully saturated rings. The smallest absolute Gasteiger partial charge is 0.114 e. The van der Waals surface area contributed by atoms with E-state index >= 15 is 0 Å². The molecule has 16 heavy (non-hydrogen) atoms. The molecule has 0 aliphatic carbocycles. The molecule has 0 spiro atoms. The lowest BCUT2D eigenvalue weighted by molar-refractivity contribution is 1.24. The Morgan fingerprint density at radius 3 is 2.25 bits per heavy atom. The highest BCUT2D eigenvalue weighted by Gasteiger charge is 2.07. The highest BCUT2D eigenvalue weighted by atomic mass is 14.9. The highest BCUT2D eigenvalue weighted by molar-refractivity contribution is 5.94. The van der Waals surface area contributed by atoms with Gasteiger partial charge in [0.2, 0.25) is 0 Å². The third-order valence-corrected chi connectivity index (χ3v) is 2.35. The van der Waals surface area contributed by atoms with Crippen LogP contribution in [-0.2, 0) is 0 Å². The average Bonchev–Trinajstić information content (AvgIpc) is 2.32. The van der Waals surface area contributed by atoms with Crippen LogP contribution in [0.1, 0.15) is 11.4 Å². The molecule has 4 heteroatoms. The van der Waals surface area contributed by atoms with Gasteiger partial charge in [-0.25, -0.2) is 9.97 Å². The SMILES string of the molecule is C=Cc1nc2ccc(N)c(N)c2nc1C=C. The lowest BCUT2D eigenvalue weighted by atomic mass is 10.2. The molecule has 0 aliphatic heterocycles. The summed E-state index contributed by atoms with van der Waals surface area (Å²) < 4.78 is 0. The molecule has 1 aromatic heterocycles. The summed E-state index contributed by atoms with van der Waals surface area (Å²) in [6, 6.07) is 3.50. The summed E-state index contributed by atoms with van der Waals surface area (Å²) in [4.78, 5) is 8.75. The van der Waals surface area contributed by atoms with Crippen molar-refractivity contribution < 1.29 is 0 Å².